The van der Waals surface area contributed by atoms with E-state index in [1.54, 1.807) is 6.92 Å². The first-order valence-corrected chi connectivity index (χ1v) is 13.6. The molecule has 4 rings (SSSR count). The van der Waals surface area contributed by atoms with Crippen LogP contribution in [0.2, 0.25) is 0 Å². The number of para-hydroxylation sites is 1. The molecule has 1 aromatic heterocycles. The second-order valence-electron chi connectivity index (χ2n) is 10.6. The van der Waals surface area contributed by atoms with E-state index >= 15 is 0 Å². The van der Waals surface area contributed by atoms with Gasteiger partial charge < -0.3 is 23.9 Å². The third-order valence-electron chi connectivity index (χ3n) is 6.16. The van der Waals surface area contributed by atoms with Gasteiger partial charge in [-0.15, -0.1) is 0 Å². The minimum absolute atomic E-state index is 0.153. The van der Waals surface area contributed by atoms with Crippen LogP contribution < -0.4 is 10.1 Å². The van der Waals surface area contributed by atoms with Crippen LogP contribution >= 0.6 is 0 Å². The normalized spacial score (nSPS) is 11.3. The lowest BCUT2D eigenvalue weighted by Crippen LogP contribution is -2.32. The van der Waals surface area contributed by atoms with Gasteiger partial charge in [-0.3, -0.25) is 4.79 Å². The number of benzene rings is 3. The predicted molar refractivity (Wildman–Crippen MR) is 155 cm³/mol. The maximum atomic E-state index is 12.2. The molecule has 7 nitrogen and oxygen atoms in total. The number of furan rings is 1. The largest absolute Gasteiger partial charge is 0.489 e. The number of ether oxygens (including phenoxy) is 3. The summed E-state index contributed by atoms with van der Waals surface area (Å²) in [6, 6.07) is 21.7. The summed E-state index contributed by atoms with van der Waals surface area (Å²) in [7, 11) is 0. The van der Waals surface area contributed by atoms with Crippen molar-refractivity contribution in [3.8, 4) is 16.9 Å². The highest BCUT2D eigenvalue weighted by Gasteiger charge is 2.17. The van der Waals surface area contributed by atoms with Crippen molar-refractivity contribution in [1.29, 1.82) is 0 Å². The van der Waals surface area contributed by atoms with Crippen molar-refractivity contribution in [1.82, 2.24) is 5.32 Å². The van der Waals surface area contributed by atoms with E-state index in [2.05, 4.69) is 30.4 Å². The smallest absolute Gasteiger partial charge is 0.407 e. The van der Waals surface area contributed by atoms with Gasteiger partial charge in [-0.25, -0.2) is 4.79 Å². The van der Waals surface area contributed by atoms with E-state index in [-0.39, 0.29) is 12.4 Å². The highest BCUT2D eigenvalue weighted by atomic mass is 16.6. The maximum absolute atomic E-state index is 12.2. The molecule has 0 saturated carbocycles. The number of hydrogen-bond donors (Lipinski definition) is 1. The summed E-state index contributed by atoms with van der Waals surface area (Å²) in [6.07, 6.45) is 0.474. The molecule has 1 amide bonds. The van der Waals surface area contributed by atoms with Gasteiger partial charge in [0.15, 0.2) is 0 Å². The molecule has 0 spiro atoms. The molecular weight excluding hydrogens is 506 g/mol. The van der Waals surface area contributed by atoms with Gasteiger partial charge in [0.1, 0.15) is 29.3 Å². The lowest BCUT2D eigenvalue weighted by molar-refractivity contribution is -0.142. The lowest BCUT2D eigenvalue weighted by atomic mass is 9.99. The number of rotatable bonds is 10. The van der Waals surface area contributed by atoms with Crippen LogP contribution in [0.3, 0.4) is 0 Å². The van der Waals surface area contributed by atoms with Crippen LogP contribution in [0.5, 0.6) is 5.75 Å². The van der Waals surface area contributed by atoms with Crippen molar-refractivity contribution in [3.63, 3.8) is 0 Å². The molecule has 1 heterocycles. The molecule has 0 atom stereocenters. The molecule has 0 saturated heterocycles. The minimum atomic E-state index is -0.560. The van der Waals surface area contributed by atoms with Crippen LogP contribution in [0.4, 0.5) is 4.79 Å². The van der Waals surface area contributed by atoms with Gasteiger partial charge in [0, 0.05) is 29.5 Å². The number of esters is 1. The molecule has 40 heavy (non-hydrogen) atoms. The standard InChI is InChI=1S/C33H37NO6/c1-6-27-18-26-16-23(21-38-29-14-9-8-12-25(29)19-30(35)37-7-2)17-28(31(26)39-27)24-13-10-11-22(15-24)20-34-32(36)40-33(3,4)5/h8-18H,6-7,19-21H2,1-5H3,(H,34,36). The highest BCUT2D eigenvalue weighted by molar-refractivity contribution is 5.93. The van der Waals surface area contributed by atoms with Gasteiger partial charge in [0.25, 0.3) is 0 Å². The number of fused-ring (bicyclic) bond motifs is 1. The zero-order chi connectivity index (χ0) is 28.7. The van der Waals surface area contributed by atoms with Gasteiger partial charge in [-0.1, -0.05) is 43.3 Å². The van der Waals surface area contributed by atoms with Gasteiger partial charge in [0.05, 0.1) is 13.0 Å². The summed E-state index contributed by atoms with van der Waals surface area (Å²) in [5.41, 5.74) is 4.84. The number of hydrogen-bond acceptors (Lipinski definition) is 6. The van der Waals surface area contributed by atoms with Crippen LogP contribution in [0.1, 0.15) is 57.1 Å². The Morgan fingerprint density at radius 3 is 2.48 bits per heavy atom. The van der Waals surface area contributed by atoms with E-state index in [0.29, 0.717) is 25.5 Å². The number of carbonyl (C=O) groups is 2. The second-order valence-corrected chi connectivity index (χ2v) is 10.6. The highest BCUT2D eigenvalue weighted by Crippen LogP contribution is 2.34. The van der Waals surface area contributed by atoms with Crippen LogP contribution in [-0.2, 0) is 40.3 Å². The Bertz CT molecular complexity index is 1480. The molecule has 0 unspecified atom stereocenters. The molecular formula is C33H37NO6. The summed E-state index contributed by atoms with van der Waals surface area (Å²) in [5, 5.41) is 3.81. The van der Waals surface area contributed by atoms with E-state index in [0.717, 1.165) is 51.0 Å². The number of nitrogens with one attached hydrogen (secondary N) is 1. The summed E-state index contributed by atoms with van der Waals surface area (Å²) >= 11 is 0. The number of aryl methyl sites for hydroxylation is 1. The molecule has 0 radical (unpaired) electrons. The zero-order valence-corrected chi connectivity index (χ0v) is 23.8. The molecule has 7 heteroatoms. The number of carbonyl (C=O) groups excluding carboxylic acids is 2. The molecule has 1 N–H and O–H groups in total. The van der Waals surface area contributed by atoms with Crippen molar-refractivity contribution >= 4 is 23.0 Å². The van der Waals surface area contributed by atoms with Gasteiger partial charge >= 0.3 is 12.1 Å². The van der Waals surface area contributed by atoms with Gasteiger partial charge in [-0.2, -0.15) is 0 Å². The number of amides is 1. The topological polar surface area (TPSA) is 87.0 Å². The molecule has 0 aliphatic carbocycles. The van der Waals surface area contributed by atoms with Crippen molar-refractivity contribution in [2.24, 2.45) is 0 Å². The van der Waals surface area contributed by atoms with E-state index in [1.165, 1.54) is 0 Å². The SMILES string of the molecule is CCOC(=O)Cc1ccccc1OCc1cc(-c2cccc(CNC(=O)OC(C)(C)C)c2)c2oc(CC)cc2c1. The summed E-state index contributed by atoms with van der Waals surface area (Å²) in [4.78, 5) is 24.2. The summed E-state index contributed by atoms with van der Waals surface area (Å²) in [6.45, 7) is 10.4. The third-order valence-corrected chi connectivity index (χ3v) is 6.16. The van der Waals surface area contributed by atoms with Crippen molar-refractivity contribution in [2.45, 2.75) is 66.2 Å². The zero-order valence-electron chi connectivity index (χ0n) is 23.8. The first-order chi connectivity index (χ1) is 19.1. The Balaban J connectivity index is 1.59. The van der Waals surface area contributed by atoms with Crippen molar-refractivity contribution in [2.75, 3.05) is 6.61 Å². The van der Waals surface area contributed by atoms with Crippen LogP contribution in [0, 0.1) is 0 Å². The average Bonchev–Trinajstić information content (AvgIpc) is 3.34. The quantitative estimate of drug-likeness (QED) is 0.210. The fourth-order valence-electron chi connectivity index (χ4n) is 4.40. The van der Waals surface area contributed by atoms with Crippen LogP contribution in [0.25, 0.3) is 22.1 Å². The van der Waals surface area contributed by atoms with Gasteiger partial charge in [-0.05, 0) is 74.7 Å². The Kier molecular flexibility index (Phi) is 9.15. The maximum Gasteiger partial charge on any atom is 0.407 e. The first kappa shape index (κ1) is 28.7. The Hall–Kier alpha value is -4.26. The van der Waals surface area contributed by atoms with E-state index in [1.807, 2.05) is 69.3 Å². The Morgan fingerprint density at radius 2 is 1.73 bits per heavy atom. The minimum Gasteiger partial charge on any atom is -0.489 e. The second kappa shape index (κ2) is 12.7. The van der Waals surface area contributed by atoms with Crippen LogP contribution in [-0.4, -0.2) is 24.3 Å². The molecule has 0 fully saturated rings. The fourth-order valence-corrected chi connectivity index (χ4v) is 4.40. The van der Waals surface area contributed by atoms with Gasteiger partial charge in [0.2, 0.25) is 0 Å². The molecule has 210 valence electrons. The predicted octanol–water partition coefficient (Wildman–Crippen LogP) is 7.37. The molecule has 4 aromatic rings. The Labute approximate surface area is 235 Å². The number of alkyl carbamates (subject to hydrolysis) is 1. The average molecular weight is 544 g/mol. The molecule has 0 aliphatic rings. The van der Waals surface area contributed by atoms with Crippen molar-refractivity contribution < 1.29 is 28.2 Å². The fraction of sp³-hybridized carbons (Fsp3) is 0.333. The lowest BCUT2D eigenvalue weighted by Gasteiger charge is -2.19. The van der Waals surface area contributed by atoms with Crippen molar-refractivity contribution in [3.05, 3.63) is 89.2 Å². The molecule has 0 aliphatic heterocycles. The molecule has 3 aromatic carbocycles. The van der Waals surface area contributed by atoms with Crippen LogP contribution in [0.15, 0.2) is 71.1 Å². The van der Waals surface area contributed by atoms with E-state index in [4.69, 9.17) is 18.6 Å². The summed E-state index contributed by atoms with van der Waals surface area (Å²) in [5.74, 6) is 1.26. The first-order valence-electron chi connectivity index (χ1n) is 13.6. The monoisotopic (exact) mass is 543 g/mol. The Morgan fingerprint density at radius 1 is 0.925 bits per heavy atom. The summed E-state index contributed by atoms with van der Waals surface area (Å²) < 4.78 is 22.9. The van der Waals surface area contributed by atoms with E-state index in [9.17, 15) is 9.59 Å². The molecule has 0 bridgehead atoms. The third kappa shape index (κ3) is 7.65. The van der Waals surface area contributed by atoms with E-state index < -0.39 is 11.7 Å².